The van der Waals surface area contributed by atoms with Crippen LogP contribution in [0.5, 0.6) is 0 Å². The highest BCUT2D eigenvalue weighted by Crippen LogP contribution is 2.58. The average Bonchev–Trinajstić information content (AvgIpc) is 2.53. The molecule has 1 aromatic carbocycles. The van der Waals surface area contributed by atoms with Gasteiger partial charge in [0.05, 0.1) is 11.1 Å². The van der Waals surface area contributed by atoms with Crippen LogP contribution in [0.2, 0.25) is 0 Å². The summed E-state index contributed by atoms with van der Waals surface area (Å²) >= 11 is 0. The van der Waals surface area contributed by atoms with Crippen molar-refractivity contribution in [2.24, 2.45) is 0 Å². The Balaban J connectivity index is 2.40. The van der Waals surface area contributed by atoms with Crippen LogP contribution in [0, 0.1) is 0 Å². The van der Waals surface area contributed by atoms with E-state index < -0.39 is 5.54 Å². The Kier molecular flexibility index (Phi) is 1.55. The second-order valence-corrected chi connectivity index (χ2v) is 4.28. The van der Waals surface area contributed by atoms with E-state index in [-0.39, 0.29) is 5.54 Å². The van der Waals surface area contributed by atoms with E-state index >= 15 is 0 Å². The van der Waals surface area contributed by atoms with Gasteiger partial charge in [0.1, 0.15) is 0 Å². The van der Waals surface area contributed by atoms with Crippen molar-refractivity contribution in [3.8, 4) is 0 Å². The molecule has 0 aliphatic carbocycles. The summed E-state index contributed by atoms with van der Waals surface area (Å²) in [4.78, 5) is 0. The zero-order chi connectivity index (χ0) is 9.69. The molecule has 1 aliphatic rings. The topological polar surface area (TPSA) is 3.01 Å². The fourth-order valence-electron chi connectivity index (χ4n) is 1.93. The first-order chi connectivity index (χ1) is 6.01. The smallest absolute Gasteiger partial charge is 0.0943 e. The number of benzene rings is 1. The summed E-state index contributed by atoms with van der Waals surface area (Å²) < 4.78 is 13.5. The molecule has 70 valence electrons. The van der Waals surface area contributed by atoms with Gasteiger partial charge in [-0.3, -0.25) is 0 Å². The Bertz CT molecular complexity index is 320. The van der Waals surface area contributed by atoms with Crippen molar-refractivity contribution >= 4 is 0 Å². The molecule has 2 unspecified atom stereocenters. The van der Waals surface area contributed by atoms with Gasteiger partial charge in [0.25, 0.3) is 0 Å². The van der Waals surface area contributed by atoms with Crippen LogP contribution in [0.1, 0.15) is 26.3 Å². The van der Waals surface area contributed by atoms with E-state index in [9.17, 15) is 4.48 Å². The molecule has 0 aromatic heterocycles. The van der Waals surface area contributed by atoms with Gasteiger partial charge in [-0.05, 0) is 26.3 Å². The highest BCUT2D eigenvalue weighted by atomic mass is 19.2. The lowest BCUT2D eigenvalue weighted by Gasteiger charge is -2.09. The normalized spacial score (nSPS) is 35.8. The molecule has 1 saturated heterocycles. The van der Waals surface area contributed by atoms with E-state index in [4.69, 9.17) is 0 Å². The van der Waals surface area contributed by atoms with E-state index in [0.29, 0.717) is 0 Å². The maximum atomic E-state index is 13.5. The Morgan fingerprint density at radius 3 is 1.92 bits per heavy atom. The summed E-state index contributed by atoms with van der Waals surface area (Å²) in [5.41, 5.74) is 0.241. The molecule has 1 aliphatic heterocycles. The summed E-state index contributed by atoms with van der Waals surface area (Å²) in [7, 11) is 0. The third-order valence-corrected chi connectivity index (χ3v) is 3.36. The molecule has 0 amide bonds. The molecule has 1 heterocycles. The number of nitrogens with zero attached hydrogens (tertiary/aromatic N) is 1. The van der Waals surface area contributed by atoms with Crippen molar-refractivity contribution in [1.82, 2.24) is 5.12 Å². The Labute approximate surface area is 78.1 Å². The lowest BCUT2D eigenvalue weighted by atomic mass is 9.90. The van der Waals surface area contributed by atoms with Gasteiger partial charge < -0.3 is 0 Å². The zero-order valence-corrected chi connectivity index (χ0v) is 8.21. The molecule has 0 spiro atoms. The summed E-state index contributed by atoms with van der Waals surface area (Å²) in [6, 6.07) is 9.79. The SMILES string of the molecule is CC1(C)N(F)C1(C)c1ccccc1. The standard InChI is InChI=1S/C11H14FN/c1-10(2)11(3,13(10)12)9-7-5-4-6-8-9/h4-8H,1-3H3. The molecule has 1 nitrogen and oxygen atoms in total. The molecular formula is C11H14FN. The molecular weight excluding hydrogens is 165 g/mol. The number of rotatable bonds is 1. The van der Waals surface area contributed by atoms with Crippen molar-refractivity contribution in [2.75, 3.05) is 0 Å². The van der Waals surface area contributed by atoms with Crippen molar-refractivity contribution in [3.63, 3.8) is 0 Å². The summed E-state index contributed by atoms with van der Waals surface area (Å²) in [6.07, 6.45) is 0. The third-order valence-electron chi connectivity index (χ3n) is 3.36. The Morgan fingerprint density at radius 2 is 1.54 bits per heavy atom. The fourth-order valence-corrected chi connectivity index (χ4v) is 1.93. The van der Waals surface area contributed by atoms with E-state index in [0.717, 1.165) is 10.7 Å². The molecule has 2 rings (SSSR count). The lowest BCUT2D eigenvalue weighted by Crippen LogP contribution is -2.13. The maximum absolute atomic E-state index is 13.5. The van der Waals surface area contributed by atoms with Crippen molar-refractivity contribution in [1.29, 1.82) is 0 Å². The van der Waals surface area contributed by atoms with Gasteiger partial charge in [0, 0.05) is 0 Å². The third kappa shape index (κ3) is 0.894. The Morgan fingerprint density at radius 1 is 1.08 bits per heavy atom. The van der Waals surface area contributed by atoms with Crippen LogP contribution in [0.25, 0.3) is 0 Å². The zero-order valence-electron chi connectivity index (χ0n) is 8.21. The van der Waals surface area contributed by atoms with Gasteiger partial charge in [-0.1, -0.05) is 30.3 Å². The van der Waals surface area contributed by atoms with E-state index in [2.05, 4.69) is 0 Å². The predicted octanol–water partition coefficient (Wildman–Crippen LogP) is 2.88. The minimum Gasteiger partial charge on any atom is -0.133 e. The largest absolute Gasteiger partial charge is 0.133 e. The van der Waals surface area contributed by atoms with Gasteiger partial charge >= 0.3 is 0 Å². The van der Waals surface area contributed by atoms with Gasteiger partial charge in [-0.15, -0.1) is 9.60 Å². The van der Waals surface area contributed by atoms with Crippen molar-refractivity contribution in [2.45, 2.75) is 31.8 Å². The van der Waals surface area contributed by atoms with Gasteiger partial charge in [-0.2, -0.15) is 0 Å². The number of hydrogen-bond acceptors (Lipinski definition) is 1. The van der Waals surface area contributed by atoms with E-state index in [1.165, 1.54) is 0 Å². The monoisotopic (exact) mass is 179 g/mol. The molecule has 2 heteroatoms. The molecule has 1 aromatic rings. The predicted molar refractivity (Wildman–Crippen MR) is 50.8 cm³/mol. The van der Waals surface area contributed by atoms with Crippen LogP contribution in [0.4, 0.5) is 4.48 Å². The van der Waals surface area contributed by atoms with Gasteiger partial charge in [-0.25, -0.2) is 0 Å². The minimum absolute atomic E-state index is 0.367. The number of hydrogen-bond donors (Lipinski definition) is 0. The van der Waals surface area contributed by atoms with Crippen molar-refractivity contribution < 1.29 is 4.48 Å². The first kappa shape index (κ1) is 8.70. The number of halogens is 1. The second kappa shape index (κ2) is 2.32. The summed E-state index contributed by atoms with van der Waals surface area (Å²) in [5, 5.41) is 0.912. The molecule has 0 radical (unpaired) electrons. The average molecular weight is 179 g/mol. The van der Waals surface area contributed by atoms with Crippen LogP contribution in [0.3, 0.4) is 0 Å². The highest BCUT2D eigenvalue weighted by molar-refractivity contribution is 5.35. The molecule has 2 atom stereocenters. The highest BCUT2D eigenvalue weighted by Gasteiger charge is 2.69. The molecule has 1 fully saturated rings. The second-order valence-electron chi connectivity index (χ2n) is 4.28. The van der Waals surface area contributed by atoms with E-state index in [1.54, 1.807) is 0 Å². The van der Waals surface area contributed by atoms with Crippen LogP contribution in [0.15, 0.2) is 30.3 Å². The summed E-state index contributed by atoms with van der Waals surface area (Å²) in [5.74, 6) is 0. The molecule has 13 heavy (non-hydrogen) atoms. The quantitative estimate of drug-likeness (QED) is 0.473. The van der Waals surface area contributed by atoms with Crippen molar-refractivity contribution in [3.05, 3.63) is 35.9 Å². The first-order valence-electron chi connectivity index (χ1n) is 4.53. The lowest BCUT2D eigenvalue weighted by molar-refractivity contribution is 0.110. The molecule has 0 N–H and O–H groups in total. The molecule has 0 saturated carbocycles. The van der Waals surface area contributed by atoms with Gasteiger partial charge in [0.15, 0.2) is 0 Å². The van der Waals surface area contributed by atoms with Crippen LogP contribution >= 0.6 is 0 Å². The first-order valence-corrected chi connectivity index (χ1v) is 4.53. The van der Waals surface area contributed by atoms with Crippen LogP contribution in [-0.4, -0.2) is 10.7 Å². The fraction of sp³-hybridized carbons (Fsp3) is 0.455. The Hall–Kier alpha value is -0.890. The summed E-state index contributed by atoms with van der Waals surface area (Å²) in [6.45, 7) is 5.77. The van der Waals surface area contributed by atoms with Crippen LogP contribution in [-0.2, 0) is 5.54 Å². The molecule has 0 bridgehead atoms. The van der Waals surface area contributed by atoms with E-state index in [1.807, 2.05) is 51.1 Å². The van der Waals surface area contributed by atoms with Crippen LogP contribution < -0.4 is 0 Å². The maximum Gasteiger partial charge on any atom is 0.0943 e. The minimum atomic E-state index is -0.436. The van der Waals surface area contributed by atoms with Gasteiger partial charge in [0.2, 0.25) is 0 Å².